The molecule has 0 bridgehead atoms. The van der Waals surface area contributed by atoms with Gasteiger partial charge in [0.2, 0.25) is 0 Å². The molecule has 0 unspecified atom stereocenters. The normalized spacial score (nSPS) is 10.8. The minimum absolute atomic E-state index is 0.156. The molecule has 2 rings (SSSR count). The molecule has 0 saturated heterocycles. The Bertz CT molecular complexity index is 508. The third kappa shape index (κ3) is 3.11. The monoisotopic (exact) mass is 250 g/mol. The van der Waals surface area contributed by atoms with Gasteiger partial charge in [-0.3, -0.25) is 0 Å². The number of rotatable bonds is 4. The van der Waals surface area contributed by atoms with Gasteiger partial charge in [0.15, 0.2) is 0 Å². The minimum Gasteiger partial charge on any atom is -0.330 e. The first kappa shape index (κ1) is 12.2. The van der Waals surface area contributed by atoms with E-state index in [0.717, 1.165) is 29.1 Å². The van der Waals surface area contributed by atoms with E-state index >= 15 is 0 Å². The van der Waals surface area contributed by atoms with E-state index in [1.165, 1.54) is 6.07 Å². The second-order valence-corrected chi connectivity index (χ2v) is 4.97. The molecular weight excluding hydrogens is 235 g/mol. The Hall–Kier alpha value is -1.26. The Kier molecular flexibility index (Phi) is 3.86. The van der Waals surface area contributed by atoms with Gasteiger partial charge in [0.25, 0.3) is 0 Å². The zero-order valence-electron chi connectivity index (χ0n) is 9.74. The van der Waals surface area contributed by atoms with Gasteiger partial charge in [0.1, 0.15) is 5.82 Å². The van der Waals surface area contributed by atoms with E-state index in [4.69, 9.17) is 5.73 Å². The van der Waals surface area contributed by atoms with Crippen molar-refractivity contribution in [3.8, 4) is 0 Å². The lowest BCUT2D eigenvalue weighted by atomic mass is 10.1. The molecule has 2 aromatic rings. The molecule has 0 aliphatic heterocycles. The maximum Gasteiger partial charge on any atom is 0.126 e. The number of aryl methyl sites for hydroxylation is 1. The predicted molar refractivity (Wildman–Crippen MR) is 68.8 cm³/mol. The molecule has 0 atom stereocenters. The van der Waals surface area contributed by atoms with Crippen LogP contribution in [0.1, 0.15) is 21.8 Å². The summed E-state index contributed by atoms with van der Waals surface area (Å²) in [4.78, 5) is 4.49. The molecule has 0 fully saturated rings. The van der Waals surface area contributed by atoms with Gasteiger partial charge in [-0.05, 0) is 30.7 Å². The summed E-state index contributed by atoms with van der Waals surface area (Å²) in [5.74, 6) is -0.156. The van der Waals surface area contributed by atoms with E-state index in [0.29, 0.717) is 12.1 Å². The summed E-state index contributed by atoms with van der Waals surface area (Å²) in [7, 11) is 0. The molecule has 2 nitrogen and oxygen atoms in total. The van der Waals surface area contributed by atoms with Crippen LogP contribution in [0.2, 0.25) is 0 Å². The Morgan fingerprint density at radius 3 is 2.94 bits per heavy atom. The van der Waals surface area contributed by atoms with E-state index in [9.17, 15) is 4.39 Å². The number of halogens is 1. The summed E-state index contributed by atoms with van der Waals surface area (Å²) in [6.07, 6.45) is 1.58. The van der Waals surface area contributed by atoms with E-state index < -0.39 is 0 Å². The molecule has 4 heteroatoms. The molecular formula is C13H15FN2S. The first-order chi connectivity index (χ1) is 8.19. The summed E-state index contributed by atoms with van der Waals surface area (Å²) in [5, 5.41) is 3.10. The van der Waals surface area contributed by atoms with Gasteiger partial charge in [-0.1, -0.05) is 12.1 Å². The lowest BCUT2D eigenvalue weighted by Crippen LogP contribution is -2.02. The second-order valence-electron chi connectivity index (χ2n) is 4.03. The van der Waals surface area contributed by atoms with Crippen LogP contribution >= 0.6 is 11.3 Å². The molecule has 1 aromatic carbocycles. The highest BCUT2D eigenvalue weighted by Crippen LogP contribution is 2.17. The molecule has 0 saturated carbocycles. The highest BCUT2D eigenvalue weighted by molar-refractivity contribution is 7.09. The third-order valence-corrected chi connectivity index (χ3v) is 3.48. The SMILES string of the molecule is Cc1cc(Cc2nc(CCN)cs2)ccc1F. The number of benzene rings is 1. The number of hydrogen-bond donors (Lipinski definition) is 1. The van der Waals surface area contributed by atoms with E-state index in [1.807, 2.05) is 17.5 Å². The van der Waals surface area contributed by atoms with Crippen molar-refractivity contribution in [2.24, 2.45) is 5.73 Å². The Balaban J connectivity index is 2.11. The number of nitrogens with two attached hydrogens (primary N) is 1. The Morgan fingerprint density at radius 1 is 1.41 bits per heavy atom. The fourth-order valence-corrected chi connectivity index (χ4v) is 2.55. The van der Waals surface area contributed by atoms with Gasteiger partial charge in [-0.25, -0.2) is 9.37 Å². The van der Waals surface area contributed by atoms with Crippen molar-refractivity contribution in [1.82, 2.24) is 4.98 Å². The molecule has 1 heterocycles. The lowest BCUT2D eigenvalue weighted by Gasteiger charge is -2.01. The van der Waals surface area contributed by atoms with Crippen molar-refractivity contribution < 1.29 is 4.39 Å². The maximum atomic E-state index is 13.1. The topological polar surface area (TPSA) is 38.9 Å². The number of aromatic nitrogens is 1. The average molecular weight is 250 g/mol. The van der Waals surface area contributed by atoms with Crippen molar-refractivity contribution in [3.05, 3.63) is 51.2 Å². The van der Waals surface area contributed by atoms with Gasteiger partial charge in [0.05, 0.1) is 10.7 Å². The standard InChI is InChI=1S/C13H15FN2S/c1-9-6-10(2-3-12(9)14)7-13-16-11(4-5-15)8-17-13/h2-3,6,8H,4-5,7,15H2,1H3. The summed E-state index contributed by atoms with van der Waals surface area (Å²) in [6.45, 7) is 2.40. The van der Waals surface area contributed by atoms with Crippen LogP contribution in [0, 0.1) is 12.7 Å². The quantitative estimate of drug-likeness (QED) is 0.906. The average Bonchev–Trinajstić information content (AvgIpc) is 2.72. The first-order valence-corrected chi connectivity index (χ1v) is 6.45. The molecule has 1 aromatic heterocycles. The van der Waals surface area contributed by atoms with Crippen molar-refractivity contribution in [2.45, 2.75) is 19.8 Å². The lowest BCUT2D eigenvalue weighted by molar-refractivity contribution is 0.618. The van der Waals surface area contributed by atoms with Crippen LogP contribution in [-0.2, 0) is 12.8 Å². The maximum absolute atomic E-state index is 13.1. The molecule has 0 spiro atoms. The van der Waals surface area contributed by atoms with E-state index in [1.54, 1.807) is 18.3 Å². The fourth-order valence-electron chi connectivity index (χ4n) is 1.68. The third-order valence-electron chi connectivity index (χ3n) is 2.58. The minimum atomic E-state index is -0.156. The summed E-state index contributed by atoms with van der Waals surface area (Å²) in [5.41, 5.74) is 8.31. The van der Waals surface area contributed by atoms with Gasteiger partial charge in [0, 0.05) is 18.2 Å². The van der Waals surface area contributed by atoms with Crippen LogP contribution in [0.15, 0.2) is 23.6 Å². The van der Waals surface area contributed by atoms with Crippen molar-refractivity contribution in [3.63, 3.8) is 0 Å². The summed E-state index contributed by atoms with van der Waals surface area (Å²) in [6, 6.07) is 5.20. The van der Waals surface area contributed by atoms with Crippen LogP contribution < -0.4 is 5.73 Å². The van der Waals surface area contributed by atoms with Crippen LogP contribution in [0.3, 0.4) is 0 Å². The van der Waals surface area contributed by atoms with Gasteiger partial charge in [-0.2, -0.15) is 0 Å². The van der Waals surface area contributed by atoms with E-state index in [2.05, 4.69) is 4.98 Å². The van der Waals surface area contributed by atoms with Crippen molar-refractivity contribution >= 4 is 11.3 Å². The number of hydrogen-bond acceptors (Lipinski definition) is 3. The molecule has 0 amide bonds. The molecule has 0 radical (unpaired) electrons. The molecule has 2 N–H and O–H groups in total. The van der Waals surface area contributed by atoms with Crippen LogP contribution in [-0.4, -0.2) is 11.5 Å². The molecule has 17 heavy (non-hydrogen) atoms. The second kappa shape index (κ2) is 5.38. The predicted octanol–water partition coefficient (Wildman–Crippen LogP) is 2.68. The smallest absolute Gasteiger partial charge is 0.126 e. The van der Waals surface area contributed by atoms with Gasteiger partial charge >= 0.3 is 0 Å². The first-order valence-electron chi connectivity index (χ1n) is 5.57. The fraction of sp³-hybridized carbons (Fsp3) is 0.308. The largest absolute Gasteiger partial charge is 0.330 e. The van der Waals surface area contributed by atoms with Gasteiger partial charge < -0.3 is 5.73 Å². The van der Waals surface area contributed by atoms with Crippen molar-refractivity contribution in [2.75, 3.05) is 6.54 Å². The van der Waals surface area contributed by atoms with Crippen molar-refractivity contribution in [1.29, 1.82) is 0 Å². The zero-order valence-corrected chi connectivity index (χ0v) is 10.6. The van der Waals surface area contributed by atoms with Gasteiger partial charge in [-0.15, -0.1) is 11.3 Å². The Morgan fingerprint density at radius 2 is 2.24 bits per heavy atom. The van der Waals surface area contributed by atoms with E-state index in [-0.39, 0.29) is 5.82 Å². The molecule has 0 aliphatic carbocycles. The molecule has 0 aliphatic rings. The zero-order chi connectivity index (χ0) is 12.3. The molecule has 90 valence electrons. The highest BCUT2D eigenvalue weighted by atomic mass is 32.1. The Labute approximate surface area is 104 Å². The highest BCUT2D eigenvalue weighted by Gasteiger charge is 2.04. The van der Waals surface area contributed by atoms with Crippen LogP contribution in [0.25, 0.3) is 0 Å². The summed E-state index contributed by atoms with van der Waals surface area (Å²) >= 11 is 1.63. The number of nitrogens with zero attached hydrogens (tertiary/aromatic N) is 1. The summed E-state index contributed by atoms with van der Waals surface area (Å²) < 4.78 is 13.1. The number of thiazole rings is 1. The van der Waals surface area contributed by atoms with Crippen LogP contribution in [0.4, 0.5) is 4.39 Å². The van der Waals surface area contributed by atoms with Crippen LogP contribution in [0.5, 0.6) is 0 Å².